The van der Waals surface area contributed by atoms with E-state index in [1.54, 1.807) is 60.1 Å². The molecule has 2 aromatic carbocycles. The van der Waals surface area contributed by atoms with Crippen molar-refractivity contribution in [3.05, 3.63) is 64.9 Å². The number of rotatable bonds is 8. The Hall–Kier alpha value is -2.40. The summed E-state index contributed by atoms with van der Waals surface area (Å²) >= 11 is 7.10. The number of anilines is 1. The van der Waals surface area contributed by atoms with Crippen LogP contribution in [0.25, 0.3) is 0 Å². The maximum absolute atomic E-state index is 12.4. The lowest BCUT2D eigenvalue weighted by molar-refractivity contribution is -0.113. The molecule has 0 radical (unpaired) electrons. The largest absolute Gasteiger partial charge is 0.325 e. The van der Waals surface area contributed by atoms with Crippen LogP contribution in [0, 0.1) is 6.92 Å². The highest BCUT2D eigenvalue weighted by molar-refractivity contribution is 7.99. The number of aromatic nitrogens is 3. The fraction of sp³-hybridized carbons (Fsp3) is 0.211. The summed E-state index contributed by atoms with van der Waals surface area (Å²) in [4.78, 5) is 12.3. The van der Waals surface area contributed by atoms with E-state index >= 15 is 0 Å². The number of benzene rings is 2. The fourth-order valence-electron chi connectivity index (χ4n) is 2.48. The van der Waals surface area contributed by atoms with Crippen LogP contribution in [-0.4, -0.2) is 34.8 Å². The van der Waals surface area contributed by atoms with E-state index in [9.17, 15) is 13.2 Å². The van der Waals surface area contributed by atoms with Gasteiger partial charge in [0.2, 0.25) is 15.9 Å². The zero-order valence-electron chi connectivity index (χ0n) is 16.3. The first-order chi connectivity index (χ1) is 14.2. The average molecular weight is 466 g/mol. The molecule has 2 N–H and O–H groups in total. The zero-order chi connectivity index (χ0) is 21.7. The van der Waals surface area contributed by atoms with E-state index in [1.807, 2.05) is 6.92 Å². The second kappa shape index (κ2) is 9.61. The summed E-state index contributed by atoms with van der Waals surface area (Å²) < 4.78 is 29.0. The van der Waals surface area contributed by atoms with Crippen LogP contribution in [0.5, 0.6) is 0 Å². The van der Waals surface area contributed by atoms with Crippen LogP contribution in [0.15, 0.2) is 58.6 Å². The van der Waals surface area contributed by atoms with Gasteiger partial charge in [0.05, 0.1) is 17.2 Å². The number of nitrogens with one attached hydrogen (secondary N) is 2. The lowest BCUT2D eigenvalue weighted by atomic mass is 10.2. The third-order valence-corrected chi connectivity index (χ3v) is 6.79. The summed E-state index contributed by atoms with van der Waals surface area (Å²) in [6.07, 6.45) is 0. The molecule has 0 saturated heterocycles. The second-order valence-corrected chi connectivity index (χ2v) is 9.59. The molecule has 1 heterocycles. The number of sulfonamides is 1. The van der Waals surface area contributed by atoms with Gasteiger partial charge in [0, 0.05) is 17.8 Å². The van der Waals surface area contributed by atoms with Gasteiger partial charge in [-0.05, 0) is 37.3 Å². The van der Waals surface area contributed by atoms with Crippen LogP contribution in [0.3, 0.4) is 0 Å². The lowest BCUT2D eigenvalue weighted by Crippen LogP contribution is -2.24. The molecule has 3 rings (SSSR count). The lowest BCUT2D eigenvalue weighted by Gasteiger charge is -2.08. The van der Waals surface area contributed by atoms with Gasteiger partial charge in [-0.25, -0.2) is 13.1 Å². The number of carbonyl (C=O) groups excluding carboxylic acids is 1. The van der Waals surface area contributed by atoms with Crippen LogP contribution in [0.1, 0.15) is 11.4 Å². The Morgan fingerprint density at radius 2 is 1.90 bits per heavy atom. The molecular formula is C19H20ClN5O3S2. The smallest absolute Gasteiger partial charge is 0.240 e. The third kappa shape index (κ3) is 5.82. The topological polar surface area (TPSA) is 106 Å². The summed E-state index contributed by atoms with van der Waals surface area (Å²) in [5.41, 5.74) is 1.58. The zero-order valence-corrected chi connectivity index (χ0v) is 18.7. The first kappa shape index (κ1) is 22.3. The molecule has 1 aromatic heterocycles. The molecule has 0 bridgehead atoms. The van der Waals surface area contributed by atoms with Gasteiger partial charge in [-0.15, -0.1) is 10.2 Å². The third-order valence-electron chi connectivity index (χ3n) is 4.12. The quantitative estimate of drug-likeness (QED) is 0.495. The maximum atomic E-state index is 12.4. The first-order valence-corrected chi connectivity index (χ1v) is 11.7. The highest BCUT2D eigenvalue weighted by Gasteiger charge is 2.17. The van der Waals surface area contributed by atoms with Gasteiger partial charge in [-0.2, -0.15) is 0 Å². The number of amides is 1. The van der Waals surface area contributed by atoms with Crippen LogP contribution >= 0.6 is 23.4 Å². The summed E-state index contributed by atoms with van der Waals surface area (Å²) in [7, 11) is -1.94. The summed E-state index contributed by atoms with van der Waals surface area (Å²) in [6.45, 7) is 1.87. The van der Waals surface area contributed by atoms with Crippen molar-refractivity contribution >= 4 is 45.0 Å². The van der Waals surface area contributed by atoms with Crippen LogP contribution in [0.4, 0.5) is 5.69 Å². The minimum atomic E-state index is -3.66. The molecule has 0 aliphatic heterocycles. The van der Waals surface area contributed by atoms with Crippen molar-refractivity contribution in [2.75, 3.05) is 11.1 Å². The van der Waals surface area contributed by atoms with E-state index < -0.39 is 10.0 Å². The number of thioether (sulfide) groups is 1. The predicted octanol–water partition coefficient (Wildman–Crippen LogP) is 2.99. The van der Waals surface area contributed by atoms with Gasteiger partial charge < -0.3 is 9.88 Å². The van der Waals surface area contributed by atoms with E-state index in [0.717, 1.165) is 5.56 Å². The summed E-state index contributed by atoms with van der Waals surface area (Å²) in [5, 5.41) is 11.8. The van der Waals surface area contributed by atoms with Crippen molar-refractivity contribution in [2.24, 2.45) is 7.05 Å². The van der Waals surface area contributed by atoms with Gasteiger partial charge in [0.25, 0.3) is 0 Å². The van der Waals surface area contributed by atoms with E-state index in [2.05, 4.69) is 20.2 Å². The Morgan fingerprint density at radius 3 is 2.60 bits per heavy atom. The number of aryl methyl sites for hydroxylation is 1. The number of carbonyl (C=O) groups is 1. The monoisotopic (exact) mass is 465 g/mol. The highest BCUT2D eigenvalue weighted by Crippen LogP contribution is 2.18. The molecule has 3 aromatic rings. The van der Waals surface area contributed by atoms with E-state index in [4.69, 9.17) is 11.6 Å². The van der Waals surface area contributed by atoms with Gasteiger partial charge >= 0.3 is 0 Å². The molecule has 0 saturated carbocycles. The Bertz CT molecular complexity index is 1150. The molecule has 158 valence electrons. The fourth-order valence-corrected chi connectivity index (χ4v) is 4.38. The Balaban J connectivity index is 1.56. The first-order valence-electron chi connectivity index (χ1n) is 8.87. The average Bonchev–Trinajstić information content (AvgIpc) is 3.05. The molecule has 1 amide bonds. The minimum Gasteiger partial charge on any atom is -0.325 e. The van der Waals surface area contributed by atoms with E-state index in [0.29, 0.717) is 21.7 Å². The van der Waals surface area contributed by atoms with Crippen LogP contribution < -0.4 is 10.0 Å². The minimum absolute atomic E-state index is 0.0189. The van der Waals surface area contributed by atoms with Gasteiger partial charge in [0.1, 0.15) is 5.82 Å². The molecule has 0 atom stereocenters. The van der Waals surface area contributed by atoms with E-state index in [-0.39, 0.29) is 23.1 Å². The van der Waals surface area contributed by atoms with Crippen molar-refractivity contribution in [2.45, 2.75) is 23.5 Å². The number of nitrogens with zero attached hydrogens (tertiary/aromatic N) is 3. The van der Waals surface area contributed by atoms with E-state index in [1.165, 1.54) is 11.8 Å². The summed E-state index contributed by atoms with van der Waals surface area (Å²) in [5.74, 6) is 0.337. The molecule has 8 nitrogen and oxygen atoms in total. The molecule has 0 fully saturated rings. The SMILES string of the molecule is Cc1ccc(S(=O)(=O)NCc2nnc(SCC(=O)Nc3cccc(Cl)c3)n2C)cc1. The van der Waals surface area contributed by atoms with Gasteiger partial charge in [-0.1, -0.05) is 47.1 Å². The molecule has 0 unspecified atom stereocenters. The Kier molecular flexibility index (Phi) is 7.14. The van der Waals surface area contributed by atoms with Crippen molar-refractivity contribution in [3.8, 4) is 0 Å². The summed E-state index contributed by atoms with van der Waals surface area (Å²) in [6, 6.07) is 13.4. The second-order valence-electron chi connectivity index (χ2n) is 6.44. The van der Waals surface area contributed by atoms with Gasteiger partial charge in [-0.3, -0.25) is 4.79 Å². The number of halogens is 1. The molecule has 0 spiro atoms. The predicted molar refractivity (Wildman–Crippen MR) is 117 cm³/mol. The number of hydrogen-bond acceptors (Lipinski definition) is 6. The Morgan fingerprint density at radius 1 is 1.17 bits per heavy atom. The normalized spacial score (nSPS) is 11.4. The standard InChI is InChI=1S/C19H20ClN5O3S2/c1-13-6-8-16(9-7-13)30(27,28)21-11-17-23-24-19(25(17)2)29-12-18(26)22-15-5-3-4-14(20)10-15/h3-10,21H,11-12H2,1-2H3,(H,22,26). The van der Waals surface area contributed by atoms with Crippen molar-refractivity contribution in [3.63, 3.8) is 0 Å². The maximum Gasteiger partial charge on any atom is 0.240 e. The molecular weight excluding hydrogens is 446 g/mol. The molecule has 11 heteroatoms. The Labute approximate surface area is 184 Å². The molecule has 0 aliphatic carbocycles. The van der Waals surface area contributed by atoms with Crippen LogP contribution in [-0.2, 0) is 28.4 Å². The number of hydrogen-bond donors (Lipinski definition) is 2. The molecule has 0 aliphatic rings. The van der Waals surface area contributed by atoms with Crippen molar-refractivity contribution < 1.29 is 13.2 Å². The van der Waals surface area contributed by atoms with Gasteiger partial charge in [0.15, 0.2) is 5.16 Å². The van der Waals surface area contributed by atoms with Crippen molar-refractivity contribution in [1.82, 2.24) is 19.5 Å². The van der Waals surface area contributed by atoms with Crippen LogP contribution in [0.2, 0.25) is 5.02 Å². The van der Waals surface area contributed by atoms with Crippen molar-refractivity contribution in [1.29, 1.82) is 0 Å². The molecule has 30 heavy (non-hydrogen) atoms. The highest BCUT2D eigenvalue weighted by atomic mass is 35.5.